The minimum absolute atomic E-state index is 0.0319. The molecule has 5 rings (SSSR count). The number of urea groups is 1. The highest BCUT2D eigenvalue weighted by atomic mass is 16.5. The molecule has 0 spiro atoms. The van der Waals surface area contributed by atoms with Gasteiger partial charge in [0, 0.05) is 36.3 Å². The number of nitrogens with one attached hydrogen (secondary N) is 1. The Hall–Kier alpha value is -3.06. The molecule has 7 heteroatoms. The van der Waals surface area contributed by atoms with E-state index in [1.165, 1.54) is 24.0 Å². The Morgan fingerprint density at radius 2 is 1.94 bits per heavy atom. The van der Waals surface area contributed by atoms with Crippen molar-refractivity contribution in [1.82, 2.24) is 9.80 Å². The molecule has 180 valence electrons. The quantitative estimate of drug-likeness (QED) is 0.686. The summed E-state index contributed by atoms with van der Waals surface area (Å²) in [6.45, 7) is 4.48. The van der Waals surface area contributed by atoms with Crippen LogP contribution in [0.25, 0.3) is 0 Å². The summed E-state index contributed by atoms with van der Waals surface area (Å²) in [7, 11) is 3.61. The Bertz CT molecular complexity index is 1100. The maximum atomic E-state index is 13.5. The molecule has 1 saturated carbocycles. The van der Waals surface area contributed by atoms with Gasteiger partial charge < -0.3 is 20.7 Å². The van der Waals surface area contributed by atoms with Crippen LogP contribution in [0.1, 0.15) is 47.7 Å². The number of carbonyl (C=O) groups excluding carboxylic acids is 2. The van der Waals surface area contributed by atoms with E-state index in [2.05, 4.69) is 35.3 Å². The number of piperidine rings is 1. The fraction of sp³-hybridized carbons (Fsp3) is 0.481. The molecule has 2 aromatic carbocycles. The van der Waals surface area contributed by atoms with Gasteiger partial charge in [0.25, 0.3) is 0 Å². The monoisotopic (exact) mass is 462 g/mol. The maximum absolute atomic E-state index is 13.5. The number of methoxy groups -OCH3 is 1. The van der Waals surface area contributed by atoms with E-state index in [-0.39, 0.29) is 23.5 Å². The molecule has 1 unspecified atom stereocenters. The number of ether oxygens (including phenoxy) is 1. The topological polar surface area (TPSA) is 87.9 Å². The first-order valence-corrected chi connectivity index (χ1v) is 12.2. The summed E-state index contributed by atoms with van der Waals surface area (Å²) in [5, 5.41) is 3.02. The van der Waals surface area contributed by atoms with Crippen molar-refractivity contribution in [3.05, 3.63) is 59.2 Å². The molecule has 3 amide bonds. The van der Waals surface area contributed by atoms with Crippen LogP contribution in [0, 0.1) is 5.92 Å². The summed E-state index contributed by atoms with van der Waals surface area (Å²) in [6, 6.07) is 13.3. The number of anilines is 1. The van der Waals surface area contributed by atoms with Crippen LogP contribution in [-0.4, -0.2) is 61.1 Å². The predicted molar refractivity (Wildman–Crippen MR) is 132 cm³/mol. The van der Waals surface area contributed by atoms with Crippen molar-refractivity contribution in [2.24, 2.45) is 11.7 Å². The first-order valence-electron chi connectivity index (χ1n) is 12.2. The minimum Gasteiger partial charge on any atom is -0.497 e. The van der Waals surface area contributed by atoms with Gasteiger partial charge in [-0.25, -0.2) is 4.79 Å². The molecule has 3 aliphatic rings. The van der Waals surface area contributed by atoms with Gasteiger partial charge in [-0.3, -0.25) is 9.69 Å². The van der Waals surface area contributed by atoms with Crippen LogP contribution in [0.5, 0.6) is 5.75 Å². The van der Waals surface area contributed by atoms with Crippen molar-refractivity contribution >= 4 is 17.6 Å². The number of likely N-dealkylation sites (N-methyl/N-ethyl adjacent to an activating group) is 1. The number of fused-ring (bicyclic) bond motifs is 4. The molecule has 2 bridgehead atoms. The summed E-state index contributed by atoms with van der Waals surface area (Å²) >= 11 is 0. The van der Waals surface area contributed by atoms with Crippen molar-refractivity contribution < 1.29 is 14.3 Å². The molecule has 0 radical (unpaired) electrons. The lowest BCUT2D eigenvalue weighted by atomic mass is 9.61. The summed E-state index contributed by atoms with van der Waals surface area (Å²) in [5.74, 6) is 1.17. The second kappa shape index (κ2) is 8.62. The highest BCUT2D eigenvalue weighted by molar-refractivity contribution is 5.94. The highest BCUT2D eigenvalue weighted by Crippen LogP contribution is 2.48. The van der Waals surface area contributed by atoms with E-state index in [1.54, 1.807) is 31.4 Å². The van der Waals surface area contributed by atoms with Gasteiger partial charge in [-0.05, 0) is 85.7 Å². The average Bonchev–Trinajstić information content (AvgIpc) is 3.65. The Morgan fingerprint density at radius 1 is 1.21 bits per heavy atom. The Kier molecular flexibility index (Phi) is 5.76. The number of amides is 3. The van der Waals surface area contributed by atoms with Gasteiger partial charge in [-0.1, -0.05) is 13.0 Å². The van der Waals surface area contributed by atoms with Crippen LogP contribution in [0.2, 0.25) is 0 Å². The molecule has 1 saturated heterocycles. The van der Waals surface area contributed by atoms with Gasteiger partial charge in [0.1, 0.15) is 5.75 Å². The number of nitrogens with two attached hydrogens (primary N) is 1. The molecule has 3 atom stereocenters. The number of hydrogen-bond donors (Lipinski definition) is 2. The zero-order chi connectivity index (χ0) is 24.0. The van der Waals surface area contributed by atoms with Crippen LogP contribution in [0.3, 0.4) is 0 Å². The number of hydrogen-bond acceptors (Lipinski definition) is 4. The smallest absolute Gasteiger partial charge is 0.321 e. The van der Waals surface area contributed by atoms with Gasteiger partial charge in [0.2, 0.25) is 5.91 Å². The molecule has 2 fully saturated rings. The van der Waals surface area contributed by atoms with Crippen molar-refractivity contribution in [1.29, 1.82) is 0 Å². The highest BCUT2D eigenvalue weighted by Gasteiger charge is 2.53. The van der Waals surface area contributed by atoms with Crippen LogP contribution in [0.15, 0.2) is 42.5 Å². The zero-order valence-corrected chi connectivity index (χ0v) is 20.2. The lowest BCUT2D eigenvalue weighted by molar-refractivity contribution is 0.00456. The Labute approximate surface area is 201 Å². The van der Waals surface area contributed by atoms with Crippen LogP contribution in [0.4, 0.5) is 10.5 Å². The third-order valence-electron chi connectivity index (χ3n) is 8.11. The number of rotatable bonds is 6. The van der Waals surface area contributed by atoms with Gasteiger partial charge in [0.15, 0.2) is 0 Å². The average molecular weight is 463 g/mol. The molecule has 2 aromatic rings. The first-order chi connectivity index (χ1) is 16.3. The fourth-order valence-electron chi connectivity index (χ4n) is 6.07. The van der Waals surface area contributed by atoms with Crippen LogP contribution < -0.4 is 15.8 Å². The lowest BCUT2D eigenvalue weighted by Gasteiger charge is -2.58. The number of benzene rings is 2. The maximum Gasteiger partial charge on any atom is 0.321 e. The number of primary amides is 1. The number of likely N-dealkylation sites (tertiary alicyclic amines) is 1. The van der Waals surface area contributed by atoms with Crippen molar-refractivity contribution in [2.45, 2.75) is 50.1 Å². The van der Waals surface area contributed by atoms with E-state index < -0.39 is 5.91 Å². The molecule has 34 heavy (non-hydrogen) atoms. The van der Waals surface area contributed by atoms with Crippen LogP contribution in [-0.2, 0) is 11.8 Å². The Balaban J connectivity index is 1.45. The van der Waals surface area contributed by atoms with Gasteiger partial charge in [-0.15, -0.1) is 0 Å². The molecule has 1 aliphatic heterocycles. The molecular weight excluding hydrogens is 428 g/mol. The fourth-order valence-corrected chi connectivity index (χ4v) is 6.07. The third kappa shape index (κ3) is 4.02. The lowest BCUT2D eigenvalue weighted by Crippen LogP contribution is -2.68. The van der Waals surface area contributed by atoms with Crippen molar-refractivity contribution in [3.63, 3.8) is 0 Å². The standard InChI is InChI=1S/C27H34N4O3/c1-27-12-13-31(16-17-4-5-17)23(14-19-8-11-21(34-3)15-22(19)27)24(27)30(2)26(33)29-20-9-6-18(7-10-20)25(28)32/h6-11,15,17,23-24H,4-5,12-14,16H2,1-3H3,(H2,28,32)(H,29,33)/t23?,24-,27+/m1/s1. The van der Waals surface area contributed by atoms with E-state index in [4.69, 9.17) is 10.5 Å². The van der Waals surface area contributed by atoms with Gasteiger partial charge >= 0.3 is 6.03 Å². The van der Waals surface area contributed by atoms with Crippen molar-refractivity contribution in [2.75, 3.05) is 32.6 Å². The summed E-state index contributed by atoms with van der Waals surface area (Å²) in [5.41, 5.74) is 8.89. The molecule has 1 heterocycles. The molecule has 0 aromatic heterocycles. The SMILES string of the molecule is COc1ccc2c(c1)[C@]1(C)CCN(CC3CC3)C(C2)[C@H]1N(C)C(=O)Nc1ccc(C(N)=O)cc1. The minimum atomic E-state index is -0.484. The third-order valence-corrected chi connectivity index (χ3v) is 8.11. The number of carbonyl (C=O) groups is 2. The molecule has 7 nitrogen and oxygen atoms in total. The first kappa shape index (κ1) is 22.7. The molecule has 3 N–H and O–H groups in total. The second-order valence-electron chi connectivity index (χ2n) is 10.3. The summed E-state index contributed by atoms with van der Waals surface area (Å²) < 4.78 is 5.56. The largest absolute Gasteiger partial charge is 0.497 e. The van der Waals surface area contributed by atoms with Gasteiger partial charge in [-0.2, -0.15) is 0 Å². The zero-order valence-electron chi connectivity index (χ0n) is 20.2. The van der Waals surface area contributed by atoms with Gasteiger partial charge in [0.05, 0.1) is 13.2 Å². The number of nitrogens with zero attached hydrogens (tertiary/aromatic N) is 2. The van der Waals surface area contributed by atoms with E-state index >= 15 is 0 Å². The van der Waals surface area contributed by atoms with Crippen LogP contribution >= 0.6 is 0 Å². The van der Waals surface area contributed by atoms with E-state index in [9.17, 15) is 9.59 Å². The van der Waals surface area contributed by atoms with E-state index in [1.807, 2.05) is 11.9 Å². The second-order valence-corrected chi connectivity index (χ2v) is 10.3. The predicted octanol–water partition coefficient (Wildman–Crippen LogP) is 3.62. The van der Waals surface area contributed by atoms with E-state index in [0.717, 1.165) is 37.6 Å². The normalized spacial score (nSPS) is 25.9. The van der Waals surface area contributed by atoms with Crippen molar-refractivity contribution in [3.8, 4) is 5.75 Å². The van der Waals surface area contributed by atoms with E-state index in [0.29, 0.717) is 11.3 Å². The molecule has 2 aliphatic carbocycles. The Morgan fingerprint density at radius 3 is 2.59 bits per heavy atom. The summed E-state index contributed by atoms with van der Waals surface area (Å²) in [6.07, 6.45) is 4.55. The summed E-state index contributed by atoms with van der Waals surface area (Å²) in [4.78, 5) is 29.4. The molecular formula is C27H34N4O3.